The summed E-state index contributed by atoms with van der Waals surface area (Å²) in [6, 6.07) is 10.4. The van der Waals surface area contributed by atoms with Gasteiger partial charge in [-0.25, -0.2) is 12.8 Å². The molecular formula is C26H32ClFN2O4S. The Morgan fingerprint density at radius 2 is 1.69 bits per heavy atom. The Morgan fingerprint density at radius 3 is 2.31 bits per heavy atom. The van der Waals surface area contributed by atoms with Crippen LogP contribution in [0.4, 0.5) is 4.39 Å². The standard InChI is InChI=1S/C26H32ClFN2O4S/c1-20-17-22(7-10-24(20)27)34-19-26(18-25(31)29-13-3-2-4-14-29)11-15-30(16-12-26)35(32,33)23-8-5-21(28)6-9-23/h5-10,17H,2-4,11-16,18-19H2,1H3. The van der Waals surface area contributed by atoms with E-state index in [0.717, 1.165) is 50.0 Å². The van der Waals surface area contributed by atoms with E-state index in [2.05, 4.69) is 0 Å². The summed E-state index contributed by atoms with van der Waals surface area (Å²) in [5.41, 5.74) is 0.430. The second-order valence-electron chi connectivity index (χ2n) is 9.68. The van der Waals surface area contributed by atoms with Gasteiger partial charge in [-0.15, -0.1) is 0 Å². The fourth-order valence-corrected chi connectivity index (χ4v) is 6.41. The van der Waals surface area contributed by atoms with Gasteiger partial charge in [-0.1, -0.05) is 11.6 Å². The summed E-state index contributed by atoms with van der Waals surface area (Å²) in [5, 5.41) is 0.659. The van der Waals surface area contributed by atoms with Crippen LogP contribution in [0.25, 0.3) is 0 Å². The van der Waals surface area contributed by atoms with Gasteiger partial charge in [0.25, 0.3) is 0 Å². The molecule has 1 amide bonds. The highest BCUT2D eigenvalue weighted by atomic mass is 35.5. The molecule has 35 heavy (non-hydrogen) atoms. The number of carbonyl (C=O) groups is 1. The predicted octanol–water partition coefficient (Wildman–Crippen LogP) is 5.04. The molecule has 0 aliphatic carbocycles. The molecule has 0 spiro atoms. The maximum Gasteiger partial charge on any atom is 0.243 e. The van der Waals surface area contributed by atoms with Crippen molar-refractivity contribution in [2.75, 3.05) is 32.8 Å². The van der Waals surface area contributed by atoms with Gasteiger partial charge in [0.15, 0.2) is 0 Å². The van der Waals surface area contributed by atoms with Gasteiger partial charge in [-0.3, -0.25) is 4.79 Å². The summed E-state index contributed by atoms with van der Waals surface area (Å²) in [7, 11) is -3.74. The van der Waals surface area contributed by atoms with Crippen molar-refractivity contribution in [2.24, 2.45) is 5.41 Å². The van der Waals surface area contributed by atoms with Crippen molar-refractivity contribution in [3.63, 3.8) is 0 Å². The number of amides is 1. The van der Waals surface area contributed by atoms with Crippen molar-refractivity contribution in [1.29, 1.82) is 0 Å². The Labute approximate surface area is 212 Å². The number of hydrogen-bond donors (Lipinski definition) is 0. The molecule has 4 rings (SSSR count). The fourth-order valence-electron chi connectivity index (χ4n) is 4.85. The Kier molecular flexibility index (Phi) is 8.03. The zero-order valence-electron chi connectivity index (χ0n) is 20.0. The second-order valence-corrected chi connectivity index (χ2v) is 12.0. The molecule has 0 bridgehead atoms. The molecule has 2 aromatic carbocycles. The summed E-state index contributed by atoms with van der Waals surface area (Å²) in [6.45, 7) is 4.32. The van der Waals surface area contributed by atoms with E-state index in [1.54, 1.807) is 6.07 Å². The van der Waals surface area contributed by atoms with Gasteiger partial charge in [0, 0.05) is 43.0 Å². The first-order valence-electron chi connectivity index (χ1n) is 12.1. The van der Waals surface area contributed by atoms with E-state index in [9.17, 15) is 17.6 Å². The number of hydrogen-bond acceptors (Lipinski definition) is 4. The van der Waals surface area contributed by atoms with Crippen molar-refractivity contribution in [2.45, 2.75) is 50.3 Å². The maximum absolute atomic E-state index is 13.3. The number of piperidine rings is 2. The van der Waals surface area contributed by atoms with Gasteiger partial charge < -0.3 is 9.64 Å². The minimum atomic E-state index is -3.74. The summed E-state index contributed by atoms with van der Waals surface area (Å²) in [4.78, 5) is 15.2. The molecule has 2 saturated heterocycles. The van der Waals surface area contributed by atoms with E-state index < -0.39 is 21.3 Å². The minimum Gasteiger partial charge on any atom is -0.493 e. The summed E-state index contributed by atoms with van der Waals surface area (Å²) < 4.78 is 47.1. The Bertz CT molecular complexity index is 1140. The minimum absolute atomic E-state index is 0.0729. The smallest absolute Gasteiger partial charge is 0.243 e. The van der Waals surface area contributed by atoms with E-state index in [1.807, 2.05) is 24.0 Å². The molecule has 6 nitrogen and oxygen atoms in total. The van der Waals surface area contributed by atoms with Gasteiger partial charge in [0.2, 0.25) is 15.9 Å². The van der Waals surface area contributed by atoms with Gasteiger partial charge in [0.1, 0.15) is 11.6 Å². The zero-order chi connectivity index (χ0) is 25.1. The summed E-state index contributed by atoms with van der Waals surface area (Å²) in [6.07, 6.45) is 4.50. The van der Waals surface area contributed by atoms with Crippen LogP contribution in [0.3, 0.4) is 0 Å². The highest BCUT2D eigenvalue weighted by molar-refractivity contribution is 7.89. The van der Waals surface area contributed by atoms with Crippen molar-refractivity contribution < 1.29 is 22.3 Å². The van der Waals surface area contributed by atoms with Crippen LogP contribution in [0.2, 0.25) is 5.02 Å². The lowest BCUT2D eigenvalue weighted by atomic mass is 9.76. The predicted molar refractivity (Wildman–Crippen MR) is 134 cm³/mol. The third-order valence-electron chi connectivity index (χ3n) is 7.14. The number of carbonyl (C=O) groups excluding carboxylic acids is 1. The van der Waals surface area contributed by atoms with Crippen LogP contribution in [0.15, 0.2) is 47.4 Å². The van der Waals surface area contributed by atoms with Crippen LogP contribution < -0.4 is 4.74 Å². The fraction of sp³-hybridized carbons (Fsp3) is 0.500. The van der Waals surface area contributed by atoms with E-state index in [0.29, 0.717) is 36.6 Å². The number of halogens is 2. The first-order valence-corrected chi connectivity index (χ1v) is 13.9. The Morgan fingerprint density at radius 1 is 1.03 bits per heavy atom. The Hall–Kier alpha value is -2.16. The number of ether oxygens (including phenoxy) is 1. The molecule has 0 saturated carbocycles. The van der Waals surface area contributed by atoms with Crippen molar-refractivity contribution in [3.05, 3.63) is 58.9 Å². The van der Waals surface area contributed by atoms with Crippen LogP contribution in [0.5, 0.6) is 5.75 Å². The van der Waals surface area contributed by atoms with Crippen molar-refractivity contribution >= 4 is 27.5 Å². The molecule has 2 fully saturated rings. The number of nitrogens with zero attached hydrogens (tertiary/aromatic N) is 2. The van der Waals surface area contributed by atoms with Gasteiger partial charge >= 0.3 is 0 Å². The lowest BCUT2D eigenvalue weighted by molar-refractivity contribution is -0.136. The SMILES string of the molecule is Cc1cc(OCC2(CC(=O)N3CCCCC3)CCN(S(=O)(=O)c3ccc(F)cc3)CC2)ccc1Cl. The third kappa shape index (κ3) is 6.16. The zero-order valence-corrected chi connectivity index (χ0v) is 21.6. The van der Waals surface area contributed by atoms with Crippen LogP contribution >= 0.6 is 11.6 Å². The molecule has 0 radical (unpaired) electrons. The molecule has 9 heteroatoms. The lowest BCUT2D eigenvalue weighted by Gasteiger charge is -2.42. The third-order valence-corrected chi connectivity index (χ3v) is 9.48. The first-order chi connectivity index (χ1) is 16.7. The van der Waals surface area contributed by atoms with Crippen molar-refractivity contribution in [3.8, 4) is 5.75 Å². The molecular weight excluding hydrogens is 491 g/mol. The number of rotatable bonds is 7. The van der Waals surface area contributed by atoms with Crippen LogP contribution in [0, 0.1) is 18.2 Å². The molecule has 190 valence electrons. The number of benzene rings is 2. The van der Waals surface area contributed by atoms with Crippen molar-refractivity contribution in [1.82, 2.24) is 9.21 Å². The first kappa shape index (κ1) is 25.9. The highest BCUT2D eigenvalue weighted by Crippen LogP contribution is 2.38. The molecule has 2 aliphatic heterocycles. The topological polar surface area (TPSA) is 66.9 Å². The quantitative estimate of drug-likeness (QED) is 0.511. The van der Waals surface area contributed by atoms with Gasteiger partial charge in [0.05, 0.1) is 11.5 Å². The molecule has 0 atom stereocenters. The summed E-state index contributed by atoms with van der Waals surface area (Å²) >= 11 is 6.14. The molecule has 2 aliphatic rings. The largest absolute Gasteiger partial charge is 0.493 e. The monoisotopic (exact) mass is 522 g/mol. The van der Waals surface area contributed by atoms with Gasteiger partial charge in [-0.2, -0.15) is 4.31 Å². The average Bonchev–Trinajstić information content (AvgIpc) is 2.86. The van der Waals surface area contributed by atoms with E-state index in [-0.39, 0.29) is 23.9 Å². The van der Waals surface area contributed by atoms with E-state index in [4.69, 9.17) is 16.3 Å². The number of aryl methyl sites for hydroxylation is 1. The molecule has 0 unspecified atom stereocenters. The molecule has 0 N–H and O–H groups in total. The normalized spacial score (nSPS) is 18.9. The maximum atomic E-state index is 13.3. The number of sulfonamides is 1. The average molecular weight is 523 g/mol. The molecule has 2 heterocycles. The van der Waals surface area contributed by atoms with E-state index >= 15 is 0 Å². The summed E-state index contributed by atoms with van der Waals surface area (Å²) in [5.74, 6) is 0.306. The Balaban J connectivity index is 1.49. The van der Waals surface area contributed by atoms with Crippen LogP contribution in [-0.2, 0) is 14.8 Å². The second kappa shape index (κ2) is 10.8. The van der Waals surface area contributed by atoms with Crippen LogP contribution in [-0.4, -0.2) is 56.3 Å². The lowest BCUT2D eigenvalue weighted by Crippen LogP contribution is -2.48. The van der Waals surface area contributed by atoms with E-state index in [1.165, 1.54) is 16.4 Å². The molecule has 2 aromatic rings. The van der Waals surface area contributed by atoms with Gasteiger partial charge in [-0.05, 0) is 87.1 Å². The number of likely N-dealkylation sites (tertiary alicyclic amines) is 1. The highest BCUT2D eigenvalue weighted by Gasteiger charge is 2.41. The molecule has 0 aromatic heterocycles. The van der Waals surface area contributed by atoms with Crippen LogP contribution in [0.1, 0.15) is 44.1 Å².